The van der Waals surface area contributed by atoms with Crippen LogP contribution in [0, 0.1) is 11.2 Å². The largest absolute Gasteiger partial charge is 0.323 e. The highest BCUT2D eigenvalue weighted by molar-refractivity contribution is 5.39. The van der Waals surface area contributed by atoms with E-state index in [-0.39, 0.29) is 17.3 Å². The van der Waals surface area contributed by atoms with Crippen molar-refractivity contribution in [3.8, 4) is 0 Å². The summed E-state index contributed by atoms with van der Waals surface area (Å²) in [4.78, 5) is 2.54. The van der Waals surface area contributed by atoms with Crippen LogP contribution < -0.4 is 5.73 Å². The van der Waals surface area contributed by atoms with E-state index in [0.29, 0.717) is 12.1 Å². The van der Waals surface area contributed by atoms with E-state index in [1.54, 1.807) is 12.1 Å². The van der Waals surface area contributed by atoms with Gasteiger partial charge in [-0.2, -0.15) is 0 Å². The molecule has 0 amide bonds. The molecule has 2 N–H and O–H groups in total. The molecule has 4 rings (SSSR count). The lowest BCUT2D eigenvalue weighted by molar-refractivity contribution is 0.0486. The number of benzene rings is 1. The summed E-state index contributed by atoms with van der Waals surface area (Å²) in [5, 5.41) is 0. The van der Waals surface area contributed by atoms with Crippen LogP contribution in [0.2, 0.25) is 0 Å². The Morgan fingerprint density at radius 2 is 1.95 bits per heavy atom. The zero-order valence-corrected chi connectivity index (χ0v) is 11.4. The van der Waals surface area contributed by atoms with Gasteiger partial charge in [-0.05, 0) is 67.8 Å². The van der Waals surface area contributed by atoms with Crippen LogP contribution in [0.5, 0.6) is 0 Å². The standard InChI is InChI=1S/C16H21FN2/c1-19-12-3-4-13(19)9-16(8-12)7-10-6-11(17)2-5-14(10)15(16)18/h2,5-6,12-13,15H,3-4,7-9,18H2,1H3. The van der Waals surface area contributed by atoms with Crippen molar-refractivity contribution < 1.29 is 4.39 Å². The molecule has 3 aliphatic rings. The molecule has 0 saturated carbocycles. The lowest BCUT2D eigenvalue weighted by Crippen LogP contribution is -2.48. The second-order valence-electron chi connectivity index (χ2n) is 6.82. The summed E-state index contributed by atoms with van der Waals surface area (Å²) in [6, 6.07) is 6.63. The normalized spacial score (nSPS) is 40.9. The Balaban J connectivity index is 1.71. The zero-order valence-electron chi connectivity index (χ0n) is 11.4. The van der Waals surface area contributed by atoms with Crippen molar-refractivity contribution in [2.24, 2.45) is 11.1 Å². The van der Waals surface area contributed by atoms with Crippen molar-refractivity contribution in [2.45, 2.75) is 50.2 Å². The molecule has 3 heteroatoms. The summed E-state index contributed by atoms with van der Waals surface area (Å²) in [6.07, 6.45) is 5.94. The molecular weight excluding hydrogens is 239 g/mol. The Labute approximate surface area is 113 Å². The smallest absolute Gasteiger partial charge is 0.123 e. The highest BCUT2D eigenvalue weighted by Crippen LogP contribution is 2.56. The molecule has 102 valence electrons. The van der Waals surface area contributed by atoms with E-state index in [9.17, 15) is 4.39 Å². The minimum Gasteiger partial charge on any atom is -0.323 e. The summed E-state index contributed by atoms with van der Waals surface area (Å²) in [5.41, 5.74) is 9.09. The van der Waals surface area contributed by atoms with Crippen LogP contribution in [0.15, 0.2) is 18.2 Å². The minimum absolute atomic E-state index is 0.0971. The van der Waals surface area contributed by atoms with E-state index < -0.39 is 0 Å². The molecule has 2 aliphatic heterocycles. The minimum atomic E-state index is -0.126. The Bertz CT molecular complexity index is 513. The van der Waals surface area contributed by atoms with Crippen LogP contribution in [-0.2, 0) is 6.42 Å². The highest BCUT2D eigenvalue weighted by Gasteiger charge is 2.53. The van der Waals surface area contributed by atoms with E-state index in [1.165, 1.54) is 31.2 Å². The molecule has 3 unspecified atom stereocenters. The quantitative estimate of drug-likeness (QED) is 0.777. The second-order valence-corrected chi connectivity index (χ2v) is 6.82. The van der Waals surface area contributed by atoms with Gasteiger partial charge >= 0.3 is 0 Å². The fourth-order valence-electron chi connectivity index (χ4n) is 4.85. The molecule has 0 aromatic heterocycles. The van der Waals surface area contributed by atoms with E-state index in [4.69, 9.17) is 5.73 Å². The summed E-state index contributed by atoms with van der Waals surface area (Å²) < 4.78 is 13.4. The molecular formula is C16H21FN2. The number of hydrogen-bond donors (Lipinski definition) is 1. The molecule has 2 fully saturated rings. The lowest BCUT2D eigenvalue weighted by atomic mass is 9.70. The van der Waals surface area contributed by atoms with Gasteiger partial charge in [-0.15, -0.1) is 0 Å². The average Bonchev–Trinajstić information content (AvgIpc) is 2.74. The van der Waals surface area contributed by atoms with Crippen molar-refractivity contribution in [3.05, 3.63) is 35.1 Å². The summed E-state index contributed by atoms with van der Waals surface area (Å²) in [6.45, 7) is 0. The number of rotatable bonds is 0. The SMILES string of the molecule is CN1C2CCC1CC1(Cc3cc(F)ccc3C1N)C2. The second kappa shape index (κ2) is 3.80. The summed E-state index contributed by atoms with van der Waals surface area (Å²) in [7, 11) is 2.25. The fourth-order valence-corrected chi connectivity index (χ4v) is 4.85. The third kappa shape index (κ3) is 1.55. The molecule has 2 saturated heterocycles. The first-order valence-corrected chi connectivity index (χ1v) is 7.35. The predicted octanol–water partition coefficient (Wildman–Crippen LogP) is 2.62. The van der Waals surface area contributed by atoms with Crippen molar-refractivity contribution in [1.29, 1.82) is 0 Å². The number of fused-ring (bicyclic) bond motifs is 3. The Kier molecular flexibility index (Phi) is 2.37. The molecule has 19 heavy (non-hydrogen) atoms. The van der Waals surface area contributed by atoms with Gasteiger partial charge in [0.2, 0.25) is 0 Å². The average molecular weight is 260 g/mol. The molecule has 3 atom stereocenters. The van der Waals surface area contributed by atoms with Gasteiger partial charge in [-0.3, -0.25) is 0 Å². The van der Waals surface area contributed by atoms with Crippen LogP contribution in [-0.4, -0.2) is 24.0 Å². The third-order valence-electron chi connectivity index (χ3n) is 5.91. The van der Waals surface area contributed by atoms with Crippen LogP contribution >= 0.6 is 0 Å². The Hall–Kier alpha value is -0.930. The number of hydrogen-bond acceptors (Lipinski definition) is 2. The van der Waals surface area contributed by atoms with Crippen molar-refractivity contribution in [2.75, 3.05) is 7.05 Å². The molecule has 0 radical (unpaired) electrons. The maximum absolute atomic E-state index is 13.4. The summed E-state index contributed by atoms with van der Waals surface area (Å²) >= 11 is 0. The lowest BCUT2D eigenvalue weighted by Gasteiger charge is -2.45. The number of nitrogens with two attached hydrogens (primary N) is 1. The van der Waals surface area contributed by atoms with Gasteiger partial charge in [0.1, 0.15) is 5.82 Å². The topological polar surface area (TPSA) is 29.3 Å². The first kappa shape index (κ1) is 11.9. The van der Waals surface area contributed by atoms with Crippen LogP contribution in [0.25, 0.3) is 0 Å². The highest BCUT2D eigenvalue weighted by atomic mass is 19.1. The third-order valence-corrected chi connectivity index (χ3v) is 5.91. The Morgan fingerprint density at radius 3 is 2.63 bits per heavy atom. The number of nitrogens with zero attached hydrogens (tertiary/aromatic N) is 1. The molecule has 1 spiro atoms. The first-order chi connectivity index (χ1) is 9.09. The van der Waals surface area contributed by atoms with Crippen molar-refractivity contribution in [3.63, 3.8) is 0 Å². The van der Waals surface area contributed by atoms with E-state index in [0.717, 1.165) is 12.0 Å². The van der Waals surface area contributed by atoms with Crippen molar-refractivity contribution in [1.82, 2.24) is 4.90 Å². The Morgan fingerprint density at radius 1 is 1.26 bits per heavy atom. The van der Waals surface area contributed by atoms with Gasteiger partial charge in [0, 0.05) is 18.1 Å². The van der Waals surface area contributed by atoms with E-state index in [1.807, 2.05) is 6.07 Å². The van der Waals surface area contributed by atoms with Crippen LogP contribution in [0.4, 0.5) is 4.39 Å². The zero-order chi connectivity index (χ0) is 13.2. The van der Waals surface area contributed by atoms with Gasteiger partial charge in [0.05, 0.1) is 0 Å². The van der Waals surface area contributed by atoms with Gasteiger partial charge in [-0.1, -0.05) is 6.07 Å². The fraction of sp³-hybridized carbons (Fsp3) is 0.625. The molecule has 2 heterocycles. The maximum Gasteiger partial charge on any atom is 0.123 e. The first-order valence-electron chi connectivity index (χ1n) is 7.35. The van der Waals surface area contributed by atoms with E-state index >= 15 is 0 Å². The maximum atomic E-state index is 13.4. The monoisotopic (exact) mass is 260 g/mol. The van der Waals surface area contributed by atoms with Gasteiger partial charge < -0.3 is 10.6 Å². The number of piperidine rings is 1. The molecule has 2 nitrogen and oxygen atoms in total. The van der Waals surface area contributed by atoms with E-state index in [2.05, 4.69) is 11.9 Å². The van der Waals surface area contributed by atoms with Crippen LogP contribution in [0.3, 0.4) is 0 Å². The molecule has 1 aliphatic carbocycles. The van der Waals surface area contributed by atoms with Gasteiger partial charge in [0.15, 0.2) is 0 Å². The molecule has 1 aromatic carbocycles. The summed E-state index contributed by atoms with van der Waals surface area (Å²) in [5.74, 6) is -0.126. The molecule has 1 aromatic rings. The van der Waals surface area contributed by atoms with Crippen LogP contribution in [0.1, 0.15) is 42.9 Å². The number of halogens is 1. The van der Waals surface area contributed by atoms with Crippen molar-refractivity contribution >= 4 is 0 Å². The van der Waals surface area contributed by atoms with Gasteiger partial charge in [-0.25, -0.2) is 4.39 Å². The molecule has 2 bridgehead atoms. The predicted molar refractivity (Wildman–Crippen MR) is 73.3 cm³/mol. The van der Waals surface area contributed by atoms with Gasteiger partial charge in [0.25, 0.3) is 0 Å².